The molecule has 0 aliphatic carbocycles. The SMILES string of the molecule is ClN1CN=NC=N1. The Kier molecular flexibility index (Phi) is 1.21. The van der Waals surface area contributed by atoms with Crippen LogP contribution in [0.15, 0.2) is 15.3 Å². The first-order chi connectivity index (χ1) is 3.39. The van der Waals surface area contributed by atoms with Crippen LogP contribution in [0.4, 0.5) is 0 Å². The minimum absolute atomic E-state index is 0.345. The maximum atomic E-state index is 5.30. The summed E-state index contributed by atoms with van der Waals surface area (Å²) in [4.78, 5) is 0. The van der Waals surface area contributed by atoms with Gasteiger partial charge in [-0.3, -0.25) is 0 Å². The predicted molar refractivity (Wildman–Crippen MR) is 25.9 cm³/mol. The van der Waals surface area contributed by atoms with Crippen LogP contribution in [0, 0.1) is 0 Å². The molecule has 0 aromatic rings. The molecule has 4 nitrogen and oxygen atoms in total. The molecule has 1 aliphatic rings. The smallest absolute Gasteiger partial charge is 0.165 e. The van der Waals surface area contributed by atoms with Gasteiger partial charge in [0, 0.05) is 11.8 Å². The third-order valence-corrected chi connectivity index (χ3v) is 0.684. The van der Waals surface area contributed by atoms with Crippen molar-refractivity contribution in [1.82, 2.24) is 4.53 Å². The number of hydrazone groups is 1. The lowest BCUT2D eigenvalue weighted by molar-refractivity contribution is 0.480. The maximum absolute atomic E-state index is 5.30. The van der Waals surface area contributed by atoms with Crippen LogP contribution in [0.25, 0.3) is 0 Å². The first-order valence-corrected chi connectivity index (χ1v) is 2.06. The van der Waals surface area contributed by atoms with Crippen molar-refractivity contribution < 1.29 is 0 Å². The van der Waals surface area contributed by atoms with E-state index in [2.05, 4.69) is 15.3 Å². The molecule has 0 N–H and O–H groups in total. The van der Waals surface area contributed by atoms with Crippen molar-refractivity contribution in [3.05, 3.63) is 0 Å². The van der Waals surface area contributed by atoms with E-state index in [1.807, 2.05) is 0 Å². The van der Waals surface area contributed by atoms with E-state index in [0.717, 1.165) is 0 Å². The highest BCUT2D eigenvalue weighted by Crippen LogP contribution is 1.97. The quantitative estimate of drug-likeness (QED) is 0.434. The molecule has 0 atom stereocenters. The molecule has 0 radical (unpaired) electrons. The van der Waals surface area contributed by atoms with Gasteiger partial charge in [-0.05, 0) is 0 Å². The predicted octanol–water partition coefficient (Wildman–Crippen LogP) is 0.809. The van der Waals surface area contributed by atoms with E-state index in [1.165, 1.54) is 10.9 Å². The van der Waals surface area contributed by atoms with Crippen molar-refractivity contribution in [2.24, 2.45) is 15.3 Å². The van der Waals surface area contributed by atoms with Gasteiger partial charge in [-0.2, -0.15) is 9.64 Å². The van der Waals surface area contributed by atoms with Gasteiger partial charge < -0.3 is 0 Å². The second-order valence-electron chi connectivity index (χ2n) is 0.966. The third-order valence-electron chi connectivity index (χ3n) is 0.490. The highest BCUT2D eigenvalue weighted by Gasteiger charge is 1.92. The van der Waals surface area contributed by atoms with Crippen LogP contribution in [-0.2, 0) is 0 Å². The standard InChI is InChI=1S/C2H3ClN4/c3-7-2-5-4-1-6-7/h1H,2H2. The molecule has 1 rings (SSSR count). The number of hydrogen-bond acceptors (Lipinski definition) is 4. The molecule has 0 saturated carbocycles. The van der Waals surface area contributed by atoms with Gasteiger partial charge in [0.05, 0.1) is 0 Å². The zero-order valence-electron chi connectivity index (χ0n) is 3.45. The van der Waals surface area contributed by atoms with Crippen molar-refractivity contribution in [2.75, 3.05) is 6.67 Å². The Morgan fingerprint density at radius 1 is 1.71 bits per heavy atom. The molecule has 0 bridgehead atoms. The topological polar surface area (TPSA) is 40.3 Å². The van der Waals surface area contributed by atoms with E-state index >= 15 is 0 Å². The number of azo groups is 1. The molecule has 0 aromatic carbocycles. The number of nitrogens with zero attached hydrogens (tertiary/aromatic N) is 4. The van der Waals surface area contributed by atoms with Gasteiger partial charge in [-0.15, -0.1) is 10.2 Å². The first kappa shape index (κ1) is 4.52. The second-order valence-corrected chi connectivity index (χ2v) is 1.36. The zero-order valence-corrected chi connectivity index (χ0v) is 4.21. The Hall–Kier alpha value is -0.640. The summed E-state index contributed by atoms with van der Waals surface area (Å²) in [6.45, 7) is 0.345. The average molecular weight is 119 g/mol. The minimum atomic E-state index is 0.345. The Morgan fingerprint density at radius 3 is 2.86 bits per heavy atom. The fourth-order valence-corrected chi connectivity index (χ4v) is 0.328. The van der Waals surface area contributed by atoms with Gasteiger partial charge >= 0.3 is 0 Å². The van der Waals surface area contributed by atoms with Crippen molar-refractivity contribution in [2.45, 2.75) is 0 Å². The van der Waals surface area contributed by atoms with Gasteiger partial charge in [-0.1, -0.05) is 0 Å². The lowest BCUT2D eigenvalue weighted by Crippen LogP contribution is -2.05. The molecule has 0 unspecified atom stereocenters. The summed E-state index contributed by atoms with van der Waals surface area (Å²) in [6, 6.07) is 0. The third kappa shape index (κ3) is 1.12. The minimum Gasteiger partial charge on any atom is -0.180 e. The van der Waals surface area contributed by atoms with Crippen molar-refractivity contribution in [3.8, 4) is 0 Å². The summed E-state index contributed by atoms with van der Waals surface area (Å²) in [7, 11) is 0. The van der Waals surface area contributed by atoms with E-state index in [1.54, 1.807) is 0 Å². The number of rotatable bonds is 0. The molecule has 38 valence electrons. The van der Waals surface area contributed by atoms with E-state index in [9.17, 15) is 0 Å². The lowest BCUT2D eigenvalue weighted by Gasteiger charge is -2.04. The van der Waals surface area contributed by atoms with E-state index in [-0.39, 0.29) is 0 Å². The fraction of sp³-hybridized carbons (Fsp3) is 0.500. The summed E-state index contributed by atoms with van der Waals surface area (Å²) < 4.78 is 1.17. The van der Waals surface area contributed by atoms with Crippen LogP contribution in [0.3, 0.4) is 0 Å². The summed E-state index contributed by atoms with van der Waals surface area (Å²) in [6.07, 6.45) is 1.29. The molecule has 1 heterocycles. The zero-order chi connectivity index (χ0) is 5.11. The molecule has 5 heteroatoms. The highest BCUT2D eigenvalue weighted by molar-refractivity contribution is 6.13. The molecule has 0 saturated heterocycles. The van der Waals surface area contributed by atoms with Gasteiger partial charge in [0.1, 0.15) is 0 Å². The van der Waals surface area contributed by atoms with E-state index < -0.39 is 0 Å². The van der Waals surface area contributed by atoms with E-state index in [0.29, 0.717) is 6.67 Å². The highest BCUT2D eigenvalue weighted by atomic mass is 35.5. The van der Waals surface area contributed by atoms with Gasteiger partial charge in [0.25, 0.3) is 0 Å². The Labute approximate surface area is 45.6 Å². The average Bonchev–Trinajstić information content (AvgIpc) is 1.69. The molecule has 0 fully saturated rings. The van der Waals surface area contributed by atoms with Gasteiger partial charge in [0.2, 0.25) is 0 Å². The number of hydrogen-bond donors (Lipinski definition) is 0. The Morgan fingerprint density at radius 2 is 2.57 bits per heavy atom. The molecule has 0 amide bonds. The van der Waals surface area contributed by atoms with Crippen LogP contribution >= 0.6 is 11.8 Å². The van der Waals surface area contributed by atoms with Crippen LogP contribution in [0.5, 0.6) is 0 Å². The van der Waals surface area contributed by atoms with Crippen molar-refractivity contribution in [1.29, 1.82) is 0 Å². The first-order valence-electron chi connectivity index (χ1n) is 1.72. The van der Waals surface area contributed by atoms with Gasteiger partial charge in [-0.25, -0.2) is 0 Å². The van der Waals surface area contributed by atoms with Crippen molar-refractivity contribution in [3.63, 3.8) is 0 Å². The van der Waals surface area contributed by atoms with Crippen LogP contribution < -0.4 is 0 Å². The molecular weight excluding hydrogens is 116 g/mol. The molecular formula is C2H3ClN4. The fourth-order valence-electron chi connectivity index (χ4n) is 0.241. The number of halogens is 1. The summed E-state index contributed by atoms with van der Waals surface area (Å²) >= 11 is 5.30. The molecule has 0 spiro atoms. The van der Waals surface area contributed by atoms with Crippen molar-refractivity contribution >= 4 is 18.1 Å². The Bertz CT molecular complexity index is 108. The van der Waals surface area contributed by atoms with Crippen LogP contribution in [0.2, 0.25) is 0 Å². The molecule has 1 aliphatic heterocycles. The van der Waals surface area contributed by atoms with Crippen LogP contribution in [-0.4, -0.2) is 17.5 Å². The maximum Gasteiger partial charge on any atom is 0.165 e. The summed E-state index contributed by atoms with van der Waals surface area (Å²) in [5, 5.41) is 10.5. The van der Waals surface area contributed by atoms with Crippen LogP contribution in [0.1, 0.15) is 0 Å². The van der Waals surface area contributed by atoms with E-state index in [4.69, 9.17) is 11.8 Å². The second kappa shape index (κ2) is 1.88. The molecule has 7 heavy (non-hydrogen) atoms. The largest absolute Gasteiger partial charge is 0.180 e. The normalized spacial score (nSPS) is 18.1. The monoisotopic (exact) mass is 118 g/mol. The lowest BCUT2D eigenvalue weighted by atomic mass is 11.1. The Balaban J connectivity index is 2.49. The summed E-state index contributed by atoms with van der Waals surface area (Å²) in [5.74, 6) is 0. The van der Waals surface area contributed by atoms with Gasteiger partial charge in [0.15, 0.2) is 13.0 Å². The summed E-state index contributed by atoms with van der Waals surface area (Å²) in [5.41, 5.74) is 0. The molecule has 0 aromatic heterocycles.